The molecule has 0 saturated heterocycles. The predicted molar refractivity (Wildman–Crippen MR) is 283 cm³/mol. The Bertz CT molecular complexity index is 3580. The summed E-state index contributed by atoms with van der Waals surface area (Å²) in [7, 11) is 0. The van der Waals surface area contributed by atoms with E-state index in [9.17, 15) is 0 Å². The fourth-order valence-corrected chi connectivity index (χ4v) is 9.18. The number of para-hydroxylation sites is 1. The van der Waals surface area contributed by atoms with Crippen molar-refractivity contribution in [3.05, 3.63) is 224 Å². The summed E-state index contributed by atoms with van der Waals surface area (Å²) >= 11 is 0. The minimum absolute atomic E-state index is 0. The van der Waals surface area contributed by atoms with Gasteiger partial charge in [-0.25, -0.2) is 4.98 Å². The molecule has 1 aliphatic rings. The third kappa shape index (κ3) is 8.77. The van der Waals surface area contributed by atoms with E-state index in [2.05, 4.69) is 149 Å². The molecule has 0 atom stereocenters. The standard InChI is InChI=1S/C63H53N4O.Pt/c1-42-33-61(64-40-56(42)46-27-25-45(26-28-46)43-17-10-8-11-18-43)67-57-24-15-14-23-54(57)55-31-30-53(39-59(55)67)68-52-22-16-21-50(38-52)65-41-66(51-36-48(62(2,3)4)35-49(37-51)63(5,6)7)60-34-47(29-32-58(60)65)44-19-12-9-13-20-44;/h8-37,40-41H,1-7H3;/q-3;/i1D3;. The van der Waals surface area contributed by atoms with Crippen LogP contribution in [0, 0.1) is 25.7 Å². The van der Waals surface area contributed by atoms with E-state index in [4.69, 9.17) is 13.8 Å². The van der Waals surface area contributed by atoms with Crippen LogP contribution >= 0.6 is 0 Å². The Balaban J connectivity index is 0.00000596. The maximum atomic E-state index is 8.68. The van der Waals surface area contributed by atoms with Crippen molar-refractivity contribution in [2.45, 2.75) is 59.2 Å². The van der Waals surface area contributed by atoms with Gasteiger partial charge in [0.15, 0.2) is 0 Å². The van der Waals surface area contributed by atoms with Crippen LogP contribution in [0.3, 0.4) is 0 Å². The van der Waals surface area contributed by atoms with Crippen LogP contribution in [0.2, 0.25) is 0 Å². The van der Waals surface area contributed by atoms with Crippen LogP contribution in [-0.4, -0.2) is 9.55 Å². The smallest absolute Gasteiger partial charge is 0.135 e. The molecule has 344 valence electrons. The number of hydrogen-bond acceptors (Lipinski definition) is 4. The molecule has 69 heavy (non-hydrogen) atoms. The second-order valence-electron chi connectivity index (χ2n) is 19.7. The van der Waals surface area contributed by atoms with Gasteiger partial charge in [0, 0.05) is 71.0 Å². The van der Waals surface area contributed by atoms with Crippen LogP contribution in [0.15, 0.2) is 188 Å². The van der Waals surface area contributed by atoms with Crippen molar-refractivity contribution < 1.29 is 29.9 Å². The van der Waals surface area contributed by atoms with Crippen LogP contribution in [0.25, 0.3) is 61.0 Å². The first-order chi connectivity index (χ1) is 34.1. The van der Waals surface area contributed by atoms with Crippen LogP contribution in [0.4, 0.5) is 22.7 Å². The summed E-state index contributed by atoms with van der Waals surface area (Å²) in [6.45, 7) is 13.4. The number of aromatic nitrogens is 2. The molecule has 8 aromatic carbocycles. The number of nitrogens with zero attached hydrogens (tertiary/aromatic N) is 4. The molecule has 0 unspecified atom stereocenters. The zero-order valence-electron chi connectivity index (χ0n) is 42.5. The third-order valence-electron chi connectivity index (χ3n) is 13.0. The van der Waals surface area contributed by atoms with Gasteiger partial charge >= 0.3 is 0 Å². The fraction of sp³-hybridized carbons (Fsp3) is 0.143. The number of ether oxygens (including phenoxy) is 1. The first kappa shape index (κ1) is 41.9. The summed E-state index contributed by atoms with van der Waals surface area (Å²) in [5.74, 6) is 1.47. The van der Waals surface area contributed by atoms with Gasteiger partial charge in [-0.3, -0.25) is 0 Å². The Labute approximate surface area is 425 Å². The number of fused-ring (bicyclic) bond motifs is 4. The molecule has 0 fully saturated rings. The number of pyridine rings is 1. The number of rotatable bonds is 8. The Morgan fingerprint density at radius 1 is 0.536 bits per heavy atom. The monoisotopic (exact) mass is 1080 g/mol. The van der Waals surface area contributed by atoms with E-state index in [0.717, 1.165) is 66.9 Å². The van der Waals surface area contributed by atoms with Crippen molar-refractivity contribution in [3.8, 4) is 50.7 Å². The Hall–Kier alpha value is -7.20. The van der Waals surface area contributed by atoms with Crippen molar-refractivity contribution in [1.29, 1.82) is 0 Å². The molecule has 3 heterocycles. The number of aryl methyl sites for hydroxylation is 1. The van der Waals surface area contributed by atoms with Crippen LogP contribution < -0.4 is 14.5 Å². The Morgan fingerprint density at radius 2 is 1.16 bits per heavy atom. The fourth-order valence-electron chi connectivity index (χ4n) is 9.18. The molecule has 0 amide bonds. The van der Waals surface area contributed by atoms with Crippen molar-refractivity contribution in [2.24, 2.45) is 0 Å². The Kier molecular flexibility index (Phi) is 11.0. The zero-order chi connectivity index (χ0) is 49.2. The normalized spacial score (nSPS) is 13.4. The third-order valence-corrected chi connectivity index (χ3v) is 13.0. The summed E-state index contributed by atoms with van der Waals surface area (Å²) in [5, 5.41) is 1.93. The number of anilines is 4. The topological polar surface area (TPSA) is 33.5 Å². The van der Waals surface area contributed by atoms with Gasteiger partial charge in [-0.05, 0) is 104 Å². The minimum atomic E-state index is -2.41. The second-order valence-corrected chi connectivity index (χ2v) is 19.7. The van der Waals surface area contributed by atoms with E-state index >= 15 is 0 Å². The van der Waals surface area contributed by atoms with Gasteiger partial charge in [0.2, 0.25) is 0 Å². The number of hydrogen-bond donors (Lipinski definition) is 0. The molecular formula is C63H53N4OPt-3. The molecule has 0 bridgehead atoms. The molecule has 11 rings (SSSR count). The number of benzene rings is 8. The van der Waals surface area contributed by atoms with E-state index in [1.807, 2.05) is 102 Å². The summed E-state index contributed by atoms with van der Waals surface area (Å²) < 4.78 is 34.7. The van der Waals surface area contributed by atoms with Gasteiger partial charge in [-0.2, -0.15) is 12.1 Å². The molecule has 0 N–H and O–H groups in total. The molecule has 5 nitrogen and oxygen atoms in total. The molecule has 10 aromatic rings. The van der Waals surface area contributed by atoms with Crippen LogP contribution in [0.1, 0.15) is 62.3 Å². The molecule has 6 heteroatoms. The molecule has 0 aliphatic carbocycles. The van der Waals surface area contributed by atoms with Gasteiger partial charge in [0.25, 0.3) is 0 Å². The van der Waals surface area contributed by atoms with Gasteiger partial charge in [-0.1, -0.05) is 162 Å². The average Bonchev–Trinajstić information content (AvgIpc) is 3.92. The van der Waals surface area contributed by atoms with E-state index in [1.165, 1.54) is 11.1 Å². The van der Waals surface area contributed by atoms with Crippen molar-refractivity contribution in [2.75, 3.05) is 9.80 Å². The van der Waals surface area contributed by atoms with Crippen molar-refractivity contribution >= 4 is 44.6 Å². The van der Waals surface area contributed by atoms with Crippen LogP contribution in [-0.2, 0) is 31.9 Å². The summed E-state index contributed by atoms with van der Waals surface area (Å²) in [6, 6.07) is 69.0. The van der Waals surface area contributed by atoms with E-state index < -0.39 is 6.85 Å². The van der Waals surface area contributed by atoms with E-state index in [1.54, 1.807) is 12.3 Å². The minimum Gasteiger partial charge on any atom is -0.509 e. The second kappa shape index (κ2) is 18.0. The quantitative estimate of drug-likeness (QED) is 0.142. The maximum Gasteiger partial charge on any atom is 0.135 e. The first-order valence-electron chi connectivity index (χ1n) is 24.7. The van der Waals surface area contributed by atoms with Gasteiger partial charge in [0.05, 0.1) is 0 Å². The molecule has 0 spiro atoms. The molecule has 2 aromatic heterocycles. The maximum absolute atomic E-state index is 8.68. The summed E-state index contributed by atoms with van der Waals surface area (Å²) in [4.78, 5) is 9.44. The van der Waals surface area contributed by atoms with Gasteiger partial charge < -0.3 is 19.1 Å². The predicted octanol–water partition coefficient (Wildman–Crippen LogP) is 16.9. The SMILES string of the molecule is [2H]C([2H])([2H])c1cc(-n2c3[c-]c(Oc4[c-]c(N5[CH-]N(c6cc(C(C)(C)C)cc(C(C)(C)C)c6)c6cc(-c7ccccc7)ccc65)ccc4)ccc3c3ccccc32)ncc1-c1ccc(-c2ccccc2)cc1.[Pt]. The average molecular weight is 1080 g/mol. The largest absolute Gasteiger partial charge is 0.509 e. The summed E-state index contributed by atoms with van der Waals surface area (Å²) in [6.07, 6.45) is 1.68. The molecule has 0 radical (unpaired) electrons. The zero-order valence-corrected chi connectivity index (χ0v) is 41.8. The van der Waals surface area contributed by atoms with Crippen LogP contribution in [0.5, 0.6) is 11.5 Å². The van der Waals surface area contributed by atoms with E-state index in [0.29, 0.717) is 28.4 Å². The summed E-state index contributed by atoms with van der Waals surface area (Å²) in [5.41, 5.74) is 14.0. The van der Waals surface area contributed by atoms with Gasteiger partial charge in [0.1, 0.15) is 5.82 Å². The molecule has 1 aliphatic heterocycles. The Morgan fingerprint density at radius 3 is 1.86 bits per heavy atom. The molecular weight excluding hydrogens is 1020 g/mol. The molecule has 0 saturated carbocycles. The van der Waals surface area contributed by atoms with Crippen molar-refractivity contribution in [1.82, 2.24) is 9.55 Å². The van der Waals surface area contributed by atoms with E-state index in [-0.39, 0.29) is 37.5 Å². The van der Waals surface area contributed by atoms with Crippen molar-refractivity contribution in [3.63, 3.8) is 0 Å². The first-order valence-corrected chi connectivity index (χ1v) is 23.2. The van der Waals surface area contributed by atoms with Gasteiger partial charge in [-0.15, -0.1) is 48.1 Å².